The first-order chi connectivity index (χ1) is 17.6. The summed E-state index contributed by atoms with van der Waals surface area (Å²) >= 11 is 0. The number of anilines is 2. The summed E-state index contributed by atoms with van der Waals surface area (Å²) in [6.07, 6.45) is 4.51. The molecule has 1 aromatic heterocycles. The van der Waals surface area contributed by atoms with E-state index in [1.165, 1.54) is 0 Å². The van der Waals surface area contributed by atoms with Crippen molar-refractivity contribution in [1.29, 1.82) is 0 Å². The molecule has 0 spiro atoms. The van der Waals surface area contributed by atoms with Gasteiger partial charge in [0.05, 0.1) is 38.6 Å². The lowest BCUT2D eigenvalue weighted by atomic mass is 9.86. The van der Waals surface area contributed by atoms with Crippen LogP contribution >= 0.6 is 0 Å². The molecule has 1 aliphatic carbocycles. The number of para-hydroxylation sites is 2. The molecule has 2 aliphatic rings. The smallest absolute Gasteiger partial charge is 0.162 e. The minimum atomic E-state index is 0.336. The van der Waals surface area contributed by atoms with Gasteiger partial charge < -0.3 is 28.7 Å². The summed E-state index contributed by atoms with van der Waals surface area (Å²) in [6.45, 7) is 3.48. The van der Waals surface area contributed by atoms with Gasteiger partial charge in [0.2, 0.25) is 0 Å². The highest BCUT2D eigenvalue weighted by Gasteiger charge is 2.28. The normalized spacial score (nSPS) is 20.4. The number of hydrogen-bond donors (Lipinski definition) is 0. The highest BCUT2D eigenvalue weighted by Crippen LogP contribution is 2.39. The third-order valence-electron chi connectivity index (χ3n) is 7.58. The fourth-order valence-corrected chi connectivity index (χ4v) is 5.49. The quantitative estimate of drug-likeness (QED) is 0.472. The van der Waals surface area contributed by atoms with Gasteiger partial charge in [-0.1, -0.05) is 12.1 Å². The Balaban J connectivity index is 1.48. The minimum absolute atomic E-state index is 0.336. The van der Waals surface area contributed by atoms with E-state index in [0.29, 0.717) is 23.5 Å². The summed E-state index contributed by atoms with van der Waals surface area (Å²) in [4.78, 5) is 15.0. The number of piperazine rings is 1. The van der Waals surface area contributed by atoms with E-state index >= 15 is 0 Å². The van der Waals surface area contributed by atoms with Crippen LogP contribution in [0.25, 0.3) is 10.9 Å². The first-order valence-electron chi connectivity index (χ1n) is 12.7. The standard InChI is InChI=1S/C28H36N4O4/c1-33-20-11-9-19(10-12-20)27-29-22-18-26(36-4)25(35-3)17-21(22)28(30-27)32-15-13-31(14-16-32)23-7-5-6-8-24(23)34-2/h5-8,17-20H,9-16H2,1-4H3/t19-,20+. The van der Waals surface area contributed by atoms with E-state index < -0.39 is 0 Å². The molecule has 1 aliphatic heterocycles. The van der Waals surface area contributed by atoms with Crippen LogP contribution in [0.4, 0.5) is 11.5 Å². The van der Waals surface area contributed by atoms with Crippen LogP contribution in [0.3, 0.4) is 0 Å². The molecule has 0 bridgehead atoms. The van der Waals surface area contributed by atoms with Crippen LogP contribution in [0.1, 0.15) is 37.4 Å². The van der Waals surface area contributed by atoms with Gasteiger partial charge in [0, 0.05) is 50.7 Å². The molecule has 0 unspecified atom stereocenters. The molecular formula is C28H36N4O4. The molecule has 2 fully saturated rings. The molecule has 3 aromatic rings. The van der Waals surface area contributed by atoms with E-state index in [2.05, 4.69) is 21.9 Å². The Bertz CT molecular complexity index is 1190. The maximum atomic E-state index is 5.62. The number of methoxy groups -OCH3 is 4. The second kappa shape index (κ2) is 10.8. The van der Waals surface area contributed by atoms with Crippen molar-refractivity contribution in [2.75, 3.05) is 64.4 Å². The van der Waals surface area contributed by atoms with Gasteiger partial charge >= 0.3 is 0 Å². The van der Waals surface area contributed by atoms with Gasteiger partial charge in [-0.3, -0.25) is 0 Å². The summed E-state index contributed by atoms with van der Waals surface area (Å²) < 4.78 is 22.4. The fourth-order valence-electron chi connectivity index (χ4n) is 5.49. The second-order valence-electron chi connectivity index (χ2n) is 9.49. The highest BCUT2D eigenvalue weighted by atomic mass is 16.5. The molecule has 0 atom stereocenters. The SMILES string of the molecule is COc1cc2nc([C@H]3CC[C@@H](OC)CC3)nc(N3CCN(c4ccccc4OC)CC3)c2cc1OC. The lowest BCUT2D eigenvalue weighted by Gasteiger charge is -2.38. The van der Waals surface area contributed by atoms with Crippen LogP contribution in [0.15, 0.2) is 36.4 Å². The molecule has 36 heavy (non-hydrogen) atoms. The Hall–Kier alpha value is -3.26. The number of aromatic nitrogens is 2. The van der Waals surface area contributed by atoms with Crippen molar-refractivity contribution in [3.05, 3.63) is 42.2 Å². The van der Waals surface area contributed by atoms with Crippen LogP contribution < -0.4 is 24.0 Å². The molecule has 0 N–H and O–H groups in total. The average Bonchev–Trinajstić information content (AvgIpc) is 2.95. The Morgan fingerprint density at radius 1 is 0.722 bits per heavy atom. The Morgan fingerprint density at radius 3 is 2.03 bits per heavy atom. The molecule has 8 heteroatoms. The van der Waals surface area contributed by atoms with Gasteiger partial charge in [-0.2, -0.15) is 0 Å². The molecule has 0 radical (unpaired) electrons. The molecule has 2 heterocycles. The minimum Gasteiger partial charge on any atom is -0.495 e. The summed E-state index contributed by atoms with van der Waals surface area (Å²) in [6, 6.07) is 12.2. The Labute approximate surface area is 213 Å². The average molecular weight is 493 g/mol. The Kier molecular flexibility index (Phi) is 7.32. The molecule has 1 saturated heterocycles. The van der Waals surface area contributed by atoms with E-state index in [9.17, 15) is 0 Å². The predicted molar refractivity (Wildman–Crippen MR) is 142 cm³/mol. The molecular weight excluding hydrogens is 456 g/mol. The largest absolute Gasteiger partial charge is 0.495 e. The van der Waals surface area contributed by atoms with Gasteiger partial charge in [-0.15, -0.1) is 0 Å². The Morgan fingerprint density at radius 2 is 1.36 bits per heavy atom. The lowest BCUT2D eigenvalue weighted by Crippen LogP contribution is -2.47. The zero-order chi connectivity index (χ0) is 25.1. The fraction of sp³-hybridized carbons (Fsp3) is 0.500. The zero-order valence-corrected chi connectivity index (χ0v) is 21.7. The van der Waals surface area contributed by atoms with Crippen LogP contribution in [0.2, 0.25) is 0 Å². The van der Waals surface area contributed by atoms with Crippen molar-refractivity contribution in [2.24, 2.45) is 0 Å². The number of ether oxygens (including phenoxy) is 4. The van der Waals surface area contributed by atoms with Crippen LogP contribution in [-0.4, -0.2) is 70.7 Å². The summed E-state index contributed by atoms with van der Waals surface area (Å²) in [5, 5.41) is 0.993. The van der Waals surface area contributed by atoms with Crippen molar-refractivity contribution in [3.63, 3.8) is 0 Å². The van der Waals surface area contributed by atoms with E-state index in [4.69, 9.17) is 28.9 Å². The zero-order valence-electron chi connectivity index (χ0n) is 21.7. The predicted octanol–water partition coefficient (Wildman–Crippen LogP) is 4.65. The highest BCUT2D eigenvalue weighted by molar-refractivity contribution is 5.92. The van der Waals surface area contributed by atoms with Crippen molar-refractivity contribution < 1.29 is 18.9 Å². The van der Waals surface area contributed by atoms with Gasteiger partial charge in [-0.05, 0) is 43.9 Å². The third-order valence-corrected chi connectivity index (χ3v) is 7.58. The van der Waals surface area contributed by atoms with E-state index in [-0.39, 0.29) is 0 Å². The van der Waals surface area contributed by atoms with Crippen molar-refractivity contribution >= 4 is 22.4 Å². The molecule has 0 amide bonds. The lowest BCUT2D eigenvalue weighted by molar-refractivity contribution is 0.0651. The van der Waals surface area contributed by atoms with Gasteiger partial charge in [0.1, 0.15) is 17.4 Å². The van der Waals surface area contributed by atoms with E-state index in [0.717, 1.165) is 85.8 Å². The number of rotatable bonds is 7. The number of nitrogens with zero attached hydrogens (tertiary/aromatic N) is 4. The number of fused-ring (bicyclic) bond motifs is 1. The van der Waals surface area contributed by atoms with Crippen molar-refractivity contribution in [1.82, 2.24) is 9.97 Å². The van der Waals surface area contributed by atoms with Crippen molar-refractivity contribution in [2.45, 2.75) is 37.7 Å². The van der Waals surface area contributed by atoms with E-state index in [1.807, 2.05) is 24.3 Å². The second-order valence-corrected chi connectivity index (χ2v) is 9.49. The van der Waals surface area contributed by atoms with Crippen molar-refractivity contribution in [3.8, 4) is 17.2 Å². The maximum Gasteiger partial charge on any atom is 0.162 e. The van der Waals surface area contributed by atoms with E-state index in [1.54, 1.807) is 28.4 Å². The van der Waals surface area contributed by atoms with Gasteiger partial charge in [-0.25, -0.2) is 9.97 Å². The molecule has 2 aromatic carbocycles. The first-order valence-corrected chi connectivity index (χ1v) is 12.7. The molecule has 1 saturated carbocycles. The monoisotopic (exact) mass is 492 g/mol. The third kappa shape index (κ3) is 4.74. The summed E-state index contributed by atoms with van der Waals surface area (Å²) in [5.41, 5.74) is 2.03. The molecule has 192 valence electrons. The molecule has 5 rings (SSSR count). The first kappa shape index (κ1) is 24.4. The van der Waals surface area contributed by atoms with Crippen LogP contribution in [-0.2, 0) is 4.74 Å². The number of hydrogen-bond acceptors (Lipinski definition) is 8. The van der Waals surface area contributed by atoms with Crippen LogP contribution in [0, 0.1) is 0 Å². The van der Waals surface area contributed by atoms with Crippen LogP contribution in [0.5, 0.6) is 17.2 Å². The number of benzene rings is 2. The molecule has 8 nitrogen and oxygen atoms in total. The van der Waals surface area contributed by atoms with Gasteiger partial charge in [0.15, 0.2) is 11.5 Å². The summed E-state index contributed by atoms with van der Waals surface area (Å²) in [5.74, 6) is 4.52. The summed E-state index contributed by atoms with van der Waals surface area (Å²) in [7, 11) is 6.86. The maximum absolute atomic E-state index is 5.62. The topological polar surface area (TPSA) is 69.2 Å². The van der Waals surface area contributed by atoms with Gasteiger partial charge in [0.25, 0.3) is 0 Å².